The average Bonchev–Trinajstić information content (AvgIpc) is 3.08. The van der Waals surface area contributed by atoms with Gasteiger partial charge in [0.05, 0.1) is 17.7 Å². The Hall–Kier alpha value is -2.58. The van der Waals surface area contributed by atoms with Crippen molar-refractivity contribution in [2.75, 3.05) is 0 Å². The summed E-state index contributed by atoms with van der Waals surface area (Å²) in [4.78, 5) is 28.3. The van der Waals surface area contributed by atoms with Gasteiger partial charge in [-0.05, 0) is 24.3 Å². The third-order valence-corrected chi connectivity index (χ3v) is 4.83. The van der Waals surface area contributed by atoms with E-state index in [1.165, 1.54) is 29.5 Å². The summed E-state index contributed by atoms with van der Waals surface area (Å²) in [6.45, 7) is 0. The van der Waals surface area contributed by atoms with Gasteiger partial charge in [-0.15, -0.1) is 11.3 Å². The summed E-state index contributed by atoms with van der Waals surface area (Å²) in [5, 5.41) is 2.58. The van der Waals surface area contributed by atoms with Crippen LogP contribution in [-0.4, -0.2) is 16.8 Å². The molecule has 0 aliphatic carbocycles. The molecule has 5 nitrogen and oxygen atoms in total. The van der Waals surface area contributed by atoms with Crippen LogP contribution in [0.1, 0.15) is 16.1 Å². The number of nitrogens with one attached hydrogen (secondary N) is 2. The fourth-order valence-electron chi connectivity index (χ4n) is 2.19. The topological polar surface area (TPSA) is 71.1 Å². The highest BCUT2D eigenvalue weighted by atomic mass is 79.9. The van der Waals surface area contributed by atoms with E-state index in [1.807, 2.05) is 24.3 Å². The van der Waals surface area contributed by atoms with Crippen LogP contribution in [0.2, 0.25) is 0 Å². The quantitative estimate of drug-likeness (QED) is 0.615. The number of rotatable bonds is 4. The van der Waals surface area contributed by atoms with Gasteiger partial charge in [0, 0.05) is 15.4 Å². The number of hydrazine groups is 1. The van der Waals surface area contributed by atoms with Crippen LogP contribution in [0.4, 0.5) is 4.39 Å². The molecule has 3 aromatic rings. The van der Waals surface area contributed by atoms with Crippen LogP contribution in [0.25, 0.3) is 10.6 Å². The van der Waals surface area contributed by atoms with Gasteiger partial charge in [-0.25, -0.2) is 9.37 Å². The molecule has 8 heteroatoms. The molecule has 132 valence electrons. The van der Waals surface area contributed by atoms with Gasteiger partial charge in [0.15, 0.2) is 0 Å². The van der Waals surface area contributed by atoms with Gasteiger partial charge in [0.1, 0.15) is 10.8 Å². The lowest BCUT2D eigenvalue weighted by Crippen LogP contribution is -2.42. The number of hydrogen-bond donors (Lipinski definition) is 2. The summed E-state index contributed by atoms with van der Waals surface area (Å²) in [5.74, 6) is -1.82. The molecule has 1 aromatic heterocycles. The van der Waals surface area contributed by atoms with Crippen LogP contribution >= 0.6 is 27.3 Å². The van der Waals surface area contributed by atoms with Gasteiger partial charge >= 0.3 is 0 Å². The number of aromatic nitrogens is 1. The SMILES string of the molecule is O=C(Cc1csc(-c2cccc(Br)c2)n1)NNC(=O)c1ccccc1F. The lowest BCUT2D eigenvalue weighted by atomic mass is 10.2. The van der Waals surface area contributed by atoms with Crippen molar-refractivity contribution in [2.24, 2.45) is 0 Å². The van der Waals surface area contributed by atoms with Crippen molar-refractivity contribution in [1.82, 2.24) is 15.8 Å². The Kier molecular flexibility index (Phi) is 5.75. The van der Waals surface area contributed by atoms with E-state index in [9.17, 15) is 14.0 Å². The first-order valence-electron chi connectivity index (χ1n) is 7.57. The monoisotopic (exact) mass is 433 g/mol. The van der Waals surface area contributed by atoms with E-state index in [-0.39, 0.29) is 12.0 Å². The second kappa shape index (κ2) is 8.20. The second-order valence-electron chi connectivity index (χ2n) is 5.31. The standard InChI is InChI=1S/C18H13BrFN3O2S/c19-12-5-3-4-11(8-12)18-21-13(10-26-18)9-16(24)22-23-17(25)14-6-1-2-7-15(14)20/h1-8,10H,9H2,(H,22,24)(H,23,25). The van der Waals surface area contributed by atoms with E-state index in [0.717, 1.165) is 15.0 Å². The molecule has 0 saturated heterocycles. The van der Waals surface area contributed by atoms with E-state index < -0.39 is 17.6 Å². The summed E-state index contributed by atoms with van der Waals surface area (Å²) in [6.07, 6.45) is 0.00204. The van der Waals surface area contributed by atoms with Gasteiger partial charge in [0.2, 0.25) is 5.91 Å². The van der Waals surface area contributed by atoms with Crippen LogP contribution in [0.3, 0.4) is 0 Å². The Balaban J connectivity index is 1.57. The van der Waals surface area contributed by atoms with Crippen LogP contribution in [0, 0.1) is 5.82 Å². The largest absolute Gasteiger partial charge is 0.273 e. The molecule has 0 bridgehead atoms. The maximum absolute atomic E-state index is 13.5. The first-order chi connectivity index (χ1) is 12.5. The van der Waals surface area contributed by atoms with Crippen LogP contribution in [0.15, 0.2) is 58.4 Å². The molecule has 0 saturated carbocycles. The lowest BCUT2D eigenvalue weighted by Gasteiger charge is -2.07. The molecule has 0 radical (unpaired) electrons. The van der Waals surface area contributed by atoms with Crippen molar-refractivity contribution in [1.29, 1.82) is 0 Å². The molecule has 2 N–H and O–H groups in total. The number of carbonyl (C=O) groups excluding carboxylic acids is 2. The zero-order valence-electron chi connectivity index (χ0n) is 13.3. The van der Waals surface area contributed by atoms with Crippen molar-refractivity contribution >= 4 is 39.1 Å². The second-order valence-corrected chi connectivity index (χ2v) is 7.09. The maximum atomic E-state index is 13.5. The minimum absolute atomic E-state index is 0.00204. The molecule has 0 fully saturated rings. The molecule has 0 unspecified atom stereocenters. The maximum Gasteiger partial charge on any atom is 0.272 e. The number of nitrogens with zero attached hydrogens (tertiary/aromatic N) is 1. The Morgan fingerprint density at radius 1 is 1.12 bits per heavy atom. The van der Waals surface area contributed by atoms with Gasteiger partial charge in [-0.3, -0.25) is 20.4 Å². The van der Waals surface area contributed by atoms with E-state index in [2.05, 4.69) is 31.8 Å². The molecule has 0 spiro atoms. The fraction of sp³-hybridized carbons (Fsp3) is 0.0556. The minimum Gasteiger partial charge on any atom is -0.273 e. The van der Waals surface area contributed by atoms with Crippen molar-refractivity contribution in [3.8, 4) is 10.6 Å². The Bertz CT molecular complexity index is 961. The zero-order valence-corrected chi connectivity index (χ0v) is 15.7. The smallest absolute Gasteiger partial charge is 0.272 e. The molecule has 3 rings (SSSR count). The zero-order chi connectivity index (χ0) is 18.5. The number of amides is 2. The van der Waals surface area contributed by atoms with E-state index in [1.54, 1.807) is 11.4 Å². The highest BCUT2D eigenvalue weighted by Gasteiger charge is 2.13. The summed E-state index contributed by atoms with van der Waals surface area (Å²) < 4.78 is 14.5. The van der Waals surface area contributed by atoms with Crippen molar-refractivity contribution in [3.05, 3.63) is 75.5 Å². The molecule has 0 aliphatic heterocycles. The normalized spacial score (nSPS) is 10.4. The number of hydrogen-bond acceptors (Lipinski definition) is 4. The summed E-state index contributed by atoms with van der Waals surface area (Å²) in [6, 6.07) is 13.2. The molecule has 1 heterocycles. The molecule has 2 aromatic carbocycles. The Morgan fingerprint density at radius 3 is 2.69 bits per heavy atom. The third-order valence-electron chi connectivity index (χ3n) is 3.40. The fourth-order valence-corrected chi connectivity index (χ4v) is 3.41. The van der Waals surface area contributed by atoms with E-state index in [4.69, 9.17) is 0 Å². The first kappa shape index (κ1) is 18.2. The number of thiazole rings is 1. The summed E-state index contributed by atoms with van der Waals surface area (Å²) in [5.41, 5.74) is 5.86. The molecule has 0 atom stereocenters. The first-order valence-corrected chi connectivity index (χ1v) is 9.24. The molecular weight excluding hydrogens is 421 g/mol. The van der Waals surface area contributed by atoms with Gasteiger partial charge in [0.25, 0.3) is 5.91 Å². The Morgan fingerprint density at radius 2 is 1.92 bits per heavy atom. The van der Waals surface area contributed by atoms with Crippen molar-refractivity contribution < 1.29 is 14.0 Å². The van der Waals surface area contributed by atoms with Gasteiger partial charge in [-0.1, -0.05) is 40.2 Å². The van der Waals surface area contributed by atoms with E-state index >= 15 is 0 Å². The van der Waals surface area contributed by atoms with Crippen molar-refractivity contribution in [2.45, 2.75) is 6.42 Å². The predicted molar refractivity (Wildman–Crippen MR) is 101 cm³/mol. The lowest BCUT2D eigenvalue weighted by molar-refractivity contribution is -0.121. The third kappa shape index (κ3) is 4.53. The number of carbonyl (C=O) groups is 2. The number of benzene rings is 2. The summed E-state index contributed by atoms with van der Waals surface area (Å²) >= 11 is 4.84. The number of halogens is 2. The van der Waals surface area contributed by atoms with Crippen LogP contribution in [-0.2, 0) is 11.2 Å². The van der Waals surface area contributed by atoms with Gasteiger partial charge < -0.3 is 0 Å². The molecule has 26 heavy (non-hydrogen) atoms. The molecule has 0 aliphatic rings. The van der Waals surface area contributed by atoms with Crippen molar-refractivity contribution in [3.63, 3.8) is 0 Å². The average molecular weight is 434 g/mol. The predicted octanol–water partition coefficient (Wildman–Crippen LogP) is 3.72. The highest BCUT2D eigenvalue weighted by Crippen LogP contribution is 2.26. The molecule has 2 amide bonds. The van der Waals surface area contributed by atoms with E-state index in [0.29, 0.717) is 5.69 Å². The van der Waals surface area contributed by atoms with Gasteiger partial charge in [-0.2, -0.15) is 0 Å². The summed E-state index contributed by atoms with van der Waals surface area (Å²) in [7, 11) is 0. The Labute approximate surface area is 161 Å². The van der Waals surface area contributed by atoms with Crippen LogP contribution < -0.4 is 10.9 Å². The van der Waals surface area contributed by atoms with Crippen LogP contribution in [0.5, 0.6) is 0 Å². The highest BCUT2D eigenvalue weighted by molar-refractivity contribution is 9.10. The molecular formula is C18H13BrFN3O2S. The minimum atomic E-state index is -0.718.